The second-order valence-electron chi connectivity index (χ2n) is 5.10. The summed E-state index contributed by atoms with van der Waals surface area (Å²) in [5, 5.41) is 3.12. The summed E-state index contributed by atoms with van der Waals surface area (Å²) >= 11 is 0. The summed E-state index contributed by atoms with van der Waals surface area (Å²) in [5.74, 6) is -0.173. The molecule has 0 spiro atoms. The van der Waals surface area contributed by atoms with E-state index in [4.69, 9.17) is 9.47 Å². The van der Waals surface area contributed by atoms with E-state index in [1.807, 2.05) is 27.7 Å². The monoisotopic (exact) mass is 243 g/mol. The molecule has 4 nitrogen and oxygen atoms in total. The van der Waals surface area contributed by atoms with Gasteiger partial charge in [0.1, 0.15) is 5.60 Å². The molecule has 4 heteroatoms. The summed E-state index contributed by atoms with van der Waals surface area (Å²) in [4.78, 5) is 11.3. The van der Waals surface area contributed by atoms with Gasteiger partial charge in [0.15, 0.2) is 0 Å². The first-order valence-corrected chi connectivity index (χ1v) is 5.96. The summed E-state index contributed by atoms with van der Waals surface area (Å²) < 4.78 is 10.5. The van der Waals surface area contributed by atoms with Crippen molar-refractivity contribution in [2.75, 3.05) is 26.3 Å². The zero-order valence-corrected chi connectivity index (χ0v) is 11.5. The van der Waals surface area contributed by atoms with Crippen molar-refractivity contribution < 1.29 is 14.3 Å². The number of carbonyl (C=O) groups excluding carboxylic acids is 1. The smallest absolute Gasteiger partial charge is 0.307 e. The lowest BCUT2D eigenvalue weighted by Gasteiger charge is -2.19. The summed E-state index contributed by atoms with van der Waals surface area (Å²) in [5.41, 5.74) is 0.612. The van der Waals surface area contributed by atoms with Crippen LogP contribution in [0.1, 0.15) is 34.1 Å². The highest BCUT2D eigenvalue weighted by Crippen LogP contribution is 2.07. The standard InChI is InChI=1S/C13H25NO3/c1-11(2)10-16-9-8-14-7-6-12(15)17-13(3,4)5/h14H,1,6-10H2,2-5H3. The Morgan fingerprint density at radius 1 is 1.29 bits per heavy atom. The molecule has 100 valence electrons. The van der Waals surface area contributed by atoms with Gasteiger partial charge in [0.05, 0.1) is 19.6 Å². The van der Waals surface area contributed by atoms with Crippen molar-refractivity contribution in [3.05, 3.63) is 12.2 Å². The molecule has 0 radical (unpaired) electrons. The highest BCUT2D eigenvalue weighted by molar-refractivity contribution is 5.70. The molecule has 0 heterocycles. The van der Waals surface area contributed by atoms with Crippen LogP contribution < -0.4 is 5.32 Å². The second-order valence-corrected chi connectivity index (χ2v) is 5.10. The molecule has 0 aromatic heterocycles. The van der Waals surface area contributed by atoms with E-state index in [1.54, 1.807) is 0 Å². The highest BCUT2D eigenvalue weighted by atomic mass is 16.6. The molecular weight excluding hydrogens is 218 g/mol. The number of rotatable bonds is 8. The Kier molecular flexibility index (Phi) is 7.83. The van der Waals surface area contributed by atoms with Crippen LogP contribution in [0.3, 0.4) is 0 Å². The van der Waals surface area contributed by atoms with Crippen molar-refractivity contribution in [2.24, 2.45) is 0 Å². The van der Waals surface area contributed by atoms with E-state index in [0.29, 0.717) is 26.2 Å². The Balaban J connectivity index is 3.34. The summed E-state index contributed by atoms with van der Waals surface area (Å²) in [6, 6.07) is 0. The van der Waals surface area contributed by atoms with Gasteiger partial charge in [-0.05, 0) is 27.7 Å². The van der Waals surface area contributed by atoms with E-state index in [2.05, 4.69) is 11.9 Å². The van der Waals surface area contributed by atoms with E-state index in [-0.39, 0.29) is 5.97 Å². The molecule has 0 amide bonds. The van der Waals surface area contributed by atoms with Gasteiger partial charge in [-0.25, -0.2) is 0 Å². The number of hydrogen-bond acceptors (Lipinski definition) is 4. The molecule has 0 aromatic carbocycles. The molecule has 0 aliphatic carbocycles. The maximum atomic E-state index is 11.3. The minimum Gasteiger partial charge on any atom is -0.460 e. The molecule has 0 aliphatic rings. The predicted octanol–water partition coefficient (Wildman–Crippen LogP) is 1.90. The number of nitrogens with one attached hydrogen (secondary N) is 1. The van der Waals surface area contributed by atoms with Crippen molar-refractivity contribution in [1.29, 1.82) is 0 Å². The van der Waals surface area contributed by atoms with Gasteiger partial charge < -0.3 is 14.8 Å². The van der Waals surface area contributed by atoms with Crippen molar-refractivity contribution in [3.8, 4) is 0 Å². The van der Waals surface area contributed by atoms with Crippen molar-refractivity contribution in [3.63, 3.8) is 0 Å². The third-order valence-electron chi connectivity index (χ3n) is 1.70. The van der Waals surface area contributed by atoms with Gasteiger partial charge in [0, 0.05) is 13.1 Å². The average molecular weight is 243 g/mol. The van der Waals surface area contributed by atoms with Crippen LogP contribution in [0.15, 0.2) is 12.2 Å². The minimum atomic E-state index is -0.401. The fourth-order valence-electron chi connectivity index (χ4n) is 1.10. The Morgan fingerprint density at radius 2 is 1.94 bits per heavy atom. The first-order valence-electron chi connectivity index (χ1n) is 5.96. The van der Waals surface area contributed by atoms with Crippen LogP contribution in [0.5, 0.6) is 0 Å². The van der Waals surface area contributed by atoms with Gasteiger partial charge in [-0.3, -0.25) is 4.79 Å². The first-order chi connectivity index (χ1) is 7.81. The first kappa shape index (κ1) is 16.1. The van der Waals surface area contributed by atoms with Gasteiger partial charge >= 0.3 is 5.97 Å². The van der Waals surface area contributed by atoms with Crippen LogP contribution in [0.25, 0.3) is 0 Å². The van der Waals surface area contributed by atoms with Crippen LogP contribution in [0.4, 0.5) is 0 Å². The minimum absolute atomic E-state index is 0.173. The van der Waals surface area contributed by atoms with E-state index >= 15 is 0 Å². The number of carbonyl (C=O) groups is 1. The highest BCUT2D eigenvalue weighted by Gasteiger charge is 2.15. The molecule has 0 rings (SSSR count). The third kappa shape index (κ3) is 13.1. The van der Waals surface area contributed by atoms with Gasteiger partial charge in [0.2, 0.25) is 0 Å². The zero-order chi connectivity index (χ0) is 13.3. The lowest BCUT2D eigenvalue weighted by atomic mass is 10.2. The summed E-state index contributed by atoms with van der Waals surface area (Å²) in [7, 11) is 0. The van der Waals surface area contributed by atoms with Gasteiger partial charge in [-0.15, -0.1) is 0 Å². The molecule has 0 aromatic rings. The summed E-state index contributed by atoms with van der Waals surface area (Å²) in [6.07, 6.45) is 0.387. The fourth-order valence-corrected chi connectivity index (χ4v) is 1.10. The topological polar surface area (TPSA) is 47.6 Å². The predicted molar refractivity (Wildman–Crippen MR) is 69.0 cm³/mol. The number of hydrogen-bond donors (Lipinski definition) is 1. The van der Waals surface area contributed by atoms with Crippen LogP contribution in [-0.4, -0.2) is 37.9 Å². The summed E-state index contributed by atoms with van der Waals surface area (Å²) in [6.45, 7) is 13.8. The van der Waals surface area contributed by atoms with Crippen LogP contribution in [0.2, 0.25) is 0 Å². The maximum absolute atomic E-state index is 11.3. The van der Waals surface area contributed by atoms with E-state index in [1.165, 1.54) is 0 Å². The quantitative estimate of drug-likeness (QED) is 0.402. The van der Waals surface area contributed by atoms with Gasteiger partial charge in [-0.2, -0.15) is 0 Å². The molecular formula is C13H25NO3. The molecule has 0 atom stereocenters. The molecule has 17 heavy (non-hydrogen) atoms. The van der Waals surface area contributed by atoms with E-state index in [0.717, 1.165) is 12.1 Å². The Labute approximate surface area is 104 Å². The molecule has 0 saturated carbocycles. The van der Waals surface area contributed by atoms with Crippen molar-refractivity contribution in [2.45, 2.75) is 39.7 Å². The molecule has 0 aliphatic heterocycles. The molecule has 0 bridgehead atoms. The van der Waals surface area contributed by atoms with Crippen molar-refractivity contribution >= 4 is 5.97 Å². The van der Waals surface area contributed by atoms with Crippen LogP contribution in [0, 0.1) is 0 Å². The Bertz CT molecular complexity index is 244. The SMILES string of the molecule is C=C(C)COCCNCCC(=O)OC(C)(C)C. The Hall–Kier alpha value is -0.870. The molecule has 0 fully saturated rings. The zero-order valence-electron chi connectivity index (χ0n) is 11.5. The average Bonchev–Trinajstić information content (AvgIpc) is 2.12. The van der Waals surface area contributed by atoms with Gasteiger partial charge in [0.25, 0.3) is 0 Å². The third-order valence-corrected chi connectivity index (χ3v) is 1.70. The largest absolute Gasteiger partial charge is 0.460 e. The lowest BCUT2D eigenvalue weighted by molar-refractivity contribution is -0.154. The Morgan fingerprint density at radius 3 is 2.47 bits per heavy atom. The number of esters is 1. The van der Waals surface area contributed by atoms with Crippen molar-refractivity contribution in [1.82, 2.24) is 5.32 Å². The fraction of sp³-hybridized carbons (Fsp3) is 0.769. The maximum Gasteiger partial charge on any atom is 0.307 e. The van der Waals surface area contributed by atoms with Gasteiger partial charge in [-0.1, -0.05) is 12.2 Å². The number of ether oxygens (including phenoxy) is 2. The lowest BCUT2D eigenvalue weighted by Crippen LogP contribution is -2.28. The molecule has 0 unspecified atom stereocenters. The normalized spacial score (nSPS) is 11.3. The second kappa shape index (κ2) is 8.25. The van der Waals surface area contributed by atoms with Crippen LogP contribution >= 0.6 is 0 Å². The molecule has 1 N–H and O–H groups in total. The van der Waals surface area contributed by atoms with Crippen LogP contribution in [-0.2, 0) is 14.3 Å². The van der Waals surface area contributed by atoms with E-state index in [9.17, 15) is 4.79 Å². The molecule has 0 saturated heterocycles. The van der Waals surface area contributed by atoms with E-state index < -0.39 is 5.60 Å².